The van der Waals surface area contributed by atoms with Gasteiger partial charge in [0.25, 0.3) is 5.69 Å². The van der Waals surface area contributed by atoms with Crippen LogP contribution in [0.5, 0.6) is 0 Å². The van der Waals surface area contributed by atoms with E-state index in [1.54, 1.807) is 0 Å². The topological polar surface area (TPSA) is 180 Å². The summed E-state index contributed by atoms with van der Waals surface area (Å²) in [7, 11) is 0. The number of aliphatic hydroxyl groups is 4. The number of nitro benzene ring substituents is 1. The molecule has 1 aromatic rings. The number of hydrogen-bond acceptors (Lipinski definition) is 9. The first-order valence-electron chi connectivity index (χ1n) is 7.41. The monoisotopic (exact) mass is 371 g/mol. The molecule has 0 spiro atoms. The summed E-state index contributed by atoms with van der Waals surface area (Å²) >= 11 is 0. The van der Waals surface area contributed by atoms with E-state index in [4.69, 9.17) is 14.6 Å². The molecule has 0 aliphatic carbocycles. The lowest BCUT2D eigenvalue weighted by atomic mass is 9.99. The van der Waals surface area contributed by atoms with E-state index in [2.05, 4.69) is 0 Å². The number of para-hydroxylation sites is 1. The summed E-state index contributed by atoms with van der Waals surface area (Å²) in [4.78, 5) is 21.7. The van der Waals surface area contributed by atoms with Gasteiger partial charge in [-0.05, 0) is 6.07 Å². The van der Waals surface area contributed by atoms with Gasteiger partial charge in [-0.25, -0.2) is 4.79 Å². The minimum atomic E-state index is -1.82. The summed E-state index contributed by atoms with van der Waals surface area (Å²) in [5.41, 5.74) is -0.442. The van der Waals surface area contributed by atoms with Crippen LogP contribution < -0.4 is 0 Å². The van der Waals surface area contributed by atoms with E-state index in [1.165, 1.54) is 24.3 Å². The highest BCUT2D eigenvalue weighted by Crippen LogP contribution is 2.26. The predicted octanol–water partition coefficient (Wildman–Crippen LogP) is -1.16. The summed E-state index contributed by atoms with van der Waals surface area (Å²) in [6.07, 6.45) is -7.37. The number of nitrogens with zero attached hydrogens (tertiary/aromatic N) is 1. The fraction of sp³-hybridized carbons (Fsp3) is 0.400. The van der Waals surface area contributed by atoms with Crippen molar-refractivity contribution < 1.29 is 44.7 Å². The summed E-state index contributed by atoms with van der Waals surface area (Å²) in [5.74, 6) is -2.41. The lowest BCUT2D eigenvalue weighted by Gasteiger charge is -2.39. The molecule has 11 heteroatoms. The number of carboxylic acids is 1. The molecule has 1 heterocycles. The van der Waals surface area contributed by atoms with Crippen molar-refractivity contribution in [3.8, 4) is 0 Å². The van der Waals surface area contributed by atoms with Gasteiger partial charge in [0.05, 0.1) is 17.1 Å². The number of aliphatic hydroxyl groups excluding tert-OH is 4. The molecule has 0 amide bonds. The van der Waals surface area contributed by atoms with Crippen LogP contribution in [0.15, 0.2) is 30.0 Å². The maximum Gasteiger partial charge on any atom is 0.371 e. The molecule has 1 aliphatic rings. The van der Waals surface area contributed by atoms with Crippen LogP contribution in [0, 0.1) is 10.1 Å². The van der Waals surface area contributed by atoms with E-state index in [9.17, 15) is 35.3 Å². The lowest BCUT2D eigenvalue weighted by molar-refractivity contribution is -0.385. The highest BCUT2D eigenvalue weighted by molar-refractivity contribution is 5.90. The van der Waals surface area contributed by atoms with Crippen LogP contribution in [0.25, 0.3) is 6.08 Å². The zero-order chi connectivity index (χ0) is 19.4. The Morgan fingerprint density at radius 3 is 2.46 bits per heavy atom. The van der Waals surface area contributed by atoms with Gasteiger partial charge in [0.1, 0.15) is 24.4 Å². The molecule has 0 saturated carbocycles. The Labute approximate surface area is 146 Å². The standard InChI is InChI=1S/C15H17NO10/c17-6-10-11(18)12(19)13(20)15(26-10)25-9(14(21)22)5-7-3-1-2-4-8(7)16(23)24/h1-5,10-13,15,17-20H,6H2,(H,21,22)/t10-,11?,12+,13-,15-/m1/s1. The van der Waals surface area contributed by atoms with Gasteiger partial charge in [-0.3, -0.25) is 10.1 Å². The van der Waals surface area contributed by atoms with Crippen molar-refractivity contribution in [3.63, 3.8) is 0 Å². The molecule has 5 N–H and O–H groups in total. The van der Waals surface area contributed by atoms with E-state index in [0.717, 1.165) is 6.08 Å². The second-order valence-electron chi connectivity index (χ2n) is 5.44. The Bertz CT molecular complexity index is 703. The van der Waals surface area contributed by atoms with Crippen molar-refractivity contribution in [2.24, 2.45) is 0 Å². The molecule has 1 saturated heterocycles. The van der Waals surface area contributed by atoms with E-state index < -0.39 is 54.0 Å². The Hall–Kier alpha value is -2.57. The van der Waals surface area contributed by atoms with E-state index in [-0.39, 0.29) is 11.3 Å². The van der Waals surface area contributed by atoms with Crippen LogP contribution in [-0.2, 0) is 14.3 Å². The number of hydrogen-bond donors (Lipinski definition) is 5. The fourth-order valence-corrected chi connectivity index (χ4v) is 2.35. The molecule has 1 aromatic carbocycles. The number of aliphatic carboxylic acids is 1. The summed E-state index contributed by atoms with van der Waals surface area (Å²) in [6.45, 7) is -0.721. The third-order valence-corrected chi connectivity index (χ3v) is 3.72. The number of carboxylic acid groups (broad SMARTS) is 1. The fourth-order valence-electron chi connectivity index (χ4n) is 2.35. The average Bonchev–Trinajstić information content (AvgIpc) is 2.61. The van der Waals surface area contributed by atoms with Crippen LogP contribution in [0.1, 0.15) is 5.56 Å². The van der Waals surface area contributed by atoms with Gasteiger partial charge in [0.2, 0.25) is 12.0 Å². The molecule has 26 heavy (non-hydrogen) atoms. The largest absolute Gasteiger partial charge is 0.475 e. The highest BCUT2D eigenvalue weighted by atomic mass is 16.7. The van der Waals surface area contributed by atoms with Crippen molar-refractivity contribution >= 4 is 17.7 Å². The molecule has 1 unspecified atom stereocenters. The van der Waals surface area contributed by atoms with Gasteiger partial charge in [0.15, 0.2) is 0 Å². The summed E-state index contributed by atoms with van der Waals surface area (Å²) in [6, 6.07) is 5.30. The lowest BCUT2D eigenvalue weighted by Crippen LogP contribution is -2.59. The molecule has 1 fully saturated rings. The van der Waals surface area contributed by atoms with Gasteiger partial charge in [-0.1, -0.05) is 12.1 Å². The minimum Gasteiger partial charge on any atom is -0.475 e. The van der Waals surface area contributed by atoms with Gasteiger partial charge >= 0.3 is 5.97 Å². The summed E-state index contributed by atoms with van der Waals surface area (Å²) < 4.78 is 10.1. The molecule has 0 aromatic heterocycles. The number of benzene rings is 1. The second-order valence-corrected chi connectivity index (χ2v) is 5.44. The van der Waals surface area contributed by atoms with Gasteiger partial charge in [0, 0.05) is 12.1 Å². The van der Waals surface area contributed by atoms with Crippen LogP contribution in [-0.4, -0.2) is 73.7 Å². The van der Waals surface area contributed by atoms with Gasteiger partial charge in [-0.2, -0.15) is 0 Å². The average molecular weight is 371 g/mol. The first kappa shape index (κ1) is 19.8. The smallest absolute Gasteiger partial charge is 0.371 e. The predicted molar refractivity (Wildman–Crippen MR) is 83.6 cm³/mol. The maximum absolute atomic E-state index is 11.4. The molecule has 1 aliphatic heterocycles. The zero-order valence-corrected chi connectivity index (χ0v) is 13.2. The van der Waals surface area contributed by atoms with Crippen LogP contribution in [0.4, 0.5) is 5.69 Å². The van der Waals surface area contributed by atoms with Crippen molar-refractivity contribution in [2.75, 3.05) is 6.61 Å². The second kappa shape index (κ2) is 8.21. The molecule has 2 rings (SSSR count). The number of ether oxygens (including phenoxy) is 2. The van der Waals surface area contributed by atoms with E-state index in [1.807, 2.05) is 0 Å². The molecular weight excluding hydrogens is 354 g/mol. The van der Waals surface area contributed by atoms with Gasteiger partial charge < -0.3 is 35.0 Å². The van der Waals surface area contributed by atoms with Crippen LogP contribution in [0.3, 0.4) is 0 Å². The van der Waals surface area contributed by atoms with Crippen molar-refractivity contribution in [3.05, 3.63) is 45.7 Å². The molecule has 142 valence electrons. The maximum atomic E-state index is 11.4. The van der Waals surface area contributed by atoms with Crippen molar-refractivity contribution in [1.29, 1.82) is 0 Å². The van der Waals surface area contributed by atoms with Crippen molar-refractivity contribution in [2.45, 2.75) is 30.7 Å². The van der Waals surface area contributed by atoms with Crippen LogP contribution in [0.2, 0.25) is 0 Å². The first-order chi connectivity index (χ1) is 12.3. The molecule has 0 bridgehead atoms. The third kappa shape index (κ3) is 4.15. The SMILES string of the molecule is O=C(O)C(=Cc1ccccc1[N+](=O)[O-])O[C@@H]1O[C@H](CO)C(O)[C@H](O)[C@H]1O. The molecule has 5 atom stereocenters. The first-order valence-corrected chi connectivity index (χ1v) is 7.41. The zero-order valence-electron chi connectivity index (χ0n) is 13.2. The quantitative estimate of drug-likeness (QED) is 0.177. The number of carbonyl (C=O) groups is 1. The Balaban J connectivity index is 2.31. The Morgan fingerprint density at radius 1 is 1.23 bits per heavy atom. The molecule has 11 nitrogen and oxygen atoms in total. The minimum absolute atomic E-state index is 0.0699. The number of rotatable bonds is 6. The summed E-state index contributed by atoms with van der Waals surface area (Å²) in [5, 5.41) is 58.7. The number of nitro groups is 1. The van der Waals surface area contributed by atoms with Crippen molar-refractivity contribution in [1.82, 2.24) is 0 Å². The Morgan fingerprint density at radius 2 is 1.88 bits per heavy atom. The van der Waals surface area contributed by atoms with Crippen LogP contribution >= 0.6 is 0 Å². The third-order valence-electron chi connectivity index (χ3n) is 3.72. The highest BCUT2D eigenvalue weighted by Gasteiger charge is 2.45. The van der Waals surface area contributed by atoms with Gasteiger partial charge in [-0.15, -0.1) is 0 Å². The normalized spacial score (nSPS) is 29.2. The molecular formula is C15H17NO10. The van der Waals surface area contributed by atoms with E-state index in [0.29, 0.717) is 0 Å². The Kier molecular flexibility index (Phi) is 6.23. The van der Waals surface area contributed by atoms with E-state index >= 15 is 0 Å². The molecule has 0 radical (unpaired) electrons.